The molecule has 4 rings (SSSR count). The van der Waals surface area contributed by atoms with Crippen LogP contribution in [-0.2, 0) is 42.0 Å². The fourth-order valence-electron chi connectivity index (χ4n) is 4.77. The lowest BCUT2D eigenvalue weighted by Gasteiger charge is -2.28. The number of hydrogen-bond donors (Lipinski definition) is 2. The van der Waals surface area contributed by atoms with E-state index in [1.807, 2.05) is 6.07 Å². The topological polar surface area (TPSA) is 125 Å². The summed E-state index contributed by atoms with van der Waals surface area (Å²) in [5.74, 6) is -1.19. The third-order valence-corrected chi connectivity index (χ3v) is 9.71. The third-order valence-electron chi connectivity index (χ3n) is 7.68. The van der Waals surface area contributed by atoms with Gasteiger partial charge < -0.3 is 19.4 Å². The minimum absolute atomic E-state index is 0.0258. The van der Waals surface area contributed by atoms with Gasteiger partial charge in [-0.25, -0.2) is 23.1 Å². The number of fused-ring (bicyclic) bond motifs is 1. The number of carbonyl (C=O) groups excluding carboxylic acids is 1. The minimum atomic E-state index is -3.89. The maximum Gasteiger partial charge on any atom is 0.264 e. The lowest BCUT2D eigenvalue weighted by molar-refractivity contribution is -0.201. The Morgan fingerprint density at radius 1 is 1.19 bits per heavy atom. The van der Waals surface area contributed by atoms with Crippen molar-refractivity contribution in [3.63, 3.8) is 0 Å². The number of hydrogen-bond acceptors (Lipinski definition) is 8. The van der Waals surface area contributed by atoms with E-state index in [1.54, 1.807) is 43.6 Å². The van der Waals surface area contributed by atoms with Gasteiger partial charge in [-0.2, -0.15) is 0 Å². The van der Waals surface area contributed by atoms with Gasteiger partial charge in [-0.3, -0.25) is 9.59 Å². The van der Waals surface area contributed by atoms with Gasteiger partial charge in [0.25, 0.3) is 11.5 Å². The number of nitrogens with one attached hydrogen (secondary N) is 2. The smallest absolute Gasteiger partial charge is 0.264 e. The molecule has 42 heavy (non-hydrogen) atoms. The number of rotatable bonds is 13. The second kappa shape index (κ2) is 13.9. The molecule has 1 fully saturated rings. The van der Waals surface area contributed by atoms with Crippen LogP contribution in [0.2, 0.25) is 0 Å². The van der Waals surface area contributed by atoms with E-state index in [9.17, 15) is 22.4 Å². The molecule has 1 aliphatic heterocycles. The van der Waals surface area contributed by atoms with Crippen LogP contribution in [0.1, 0.15) is 38.2 Å². The Labute approximate surface area is 245 Å². The third kappa shape index (κ3) is 7.42. The SMILES string of the molecule is COCCNCc1ccc(-c2ccc3c(=O)n(CC[C@](C)(C(=O)NOC4CCCCO4)S(C)(=O)=O)ccc3c2)c(F)c1. The number of hydroxylamine groups is 1. The molecule has 1 amide bonds. The molecule has 2 atom stereocenters. The summed E-state index contributed by atoms with van der Waals surface area (Å²) in [6, 6.07) is 11.8. The first-order valence-electron chi connectivity index (χ1n) is 13.9. The highest BCUT2D eigenvalue weighted by Crippen LogP contribution is 2.27. The summed E-state index contributed by atoms with van der Waals surface area (Å²) in [5, 5.41) is 4.19. The van der Waals surface area contributed by atoms with E-state index in [1.165, 1.54) is 17.6 Å². The van der Waals surface area contributed by atoms with Gasteiger partial charge in [-0.1, -0.05) is 18.2 Å². The molecule has 0 saturated carbocycles. The van der Waals surface area contributed by atoms with Crippen molar-refractivity contribution in [1.82, 2.24) is 15.4 Å². The van der Waals surface area contributed by atoms with E-state index in [0.717, 1.165) is 24.7 Å². The van der Waals surface area contributed by atoms with E-state index >= 15 is 0 Å². The molecule has 2 heterocycles. The van der Waals surface area contributed by atoms with Crippen LogP contribution in [0.3, 0.4) is 0 Å². The highest BCUT2D eigenvalue weighted by atomic mass is 32.2. The van der Waals surface area contributed by atoms with Crippen molar-refractivity contribution in [3.8, 4) is 11.1 Å². The van der Waals surface area contributed by atoms with Gasteiger partial charge >= 0.3 is 0 Å². The summed E-state index contributed by atoms with van der Waals surface area (Å²) >= 11 is 0. The Balaban J connectivity index is 1.48. The van der Waals surface area contributed by atoms with Crippen LogP contribution in [0, 0.1) is 5.82 Å². The number of sulfone groups is 1. The molecular weight excluding hydrogens is 565 g/mol. The molecule has 1 aromatic heterocycles. The van der Waals surface area contributed by atoms with Gasteiger partial charge in [0.15, 0.2) is 20.9 Å². The predicted molar refractivity (Wildman–Crippen MR) is 158 cm³/mol. The number of nitrogens with zero attached hydrogens (tertiary/aromatic N) is 1. The van der Waals surface area contributed by atoms with Crippen molar-refractivity contribution in [2.45, 2.75) is 56.7 Å². The Morgan fingerprint density at radius 3 is 2.69 bits per heavy atom. The predicted octanol–water partition coefficient (Wildman–Crippen LogP) is 3.31. The Morgan fingerprint density at radius 2 is 2.00 bits per heavy atom. The first kappa shape index (κ1) is 31.8. The fraction of sp³-hybridized carbons (Fsp3) is 0.467. The summed E-state index contributed by atoms with van der Waals surface area (Å²) < 4.78 is 50.3. The molecule has 1 saturated heterocycles. The number of amides is 1. The van der Waals surface area contributed by atoms with Crippen LogP contribution >= 0.6 is 0 Å². The number of aromatic nitrogens is 1. The van der Waals surface area contributed by atoms with Crippen molar-refractivity contribution in [1.29, 1.82) is 0 Å². The molecule has 0 radical (unpaired) electrons. The largest absolute Gasteiger partial charge is 0.383 e. The number of halogens is 1. The quantitative estimate of drug-likeness (QED) is 0.225. The minimum Gasteiger partial charge on any atom is -0.383 e. The summed E-state index contributed by atoms with van der Waals surface area (Å²) in [6.45, 7) is 3.53. The van der Waals surface area contributed by atoms with Crippen LogP contribution < -0.4 is 16.4 Å². The zero-order valence-electron chi connectivity index (χ0n) is 24.2. The van der Waals surface area contributed by atoms with Crippen molar-refractivity contribution in [3.05, 3.63) is 70.4 Å². The Kier molecular flexibility index (Phi) is 10.5. The van der Waals surface area contributed by atoms with Crippen molar-refractivity contribution >= 4 is 26.5 Å². The molecule has 2 aromatic carbocycles. The maximum absolute atomic E-state index is 15.0. The first-order valence-corrected chi connectivity index (χ1v) is 15.8. The Hall–Kier alpha value is -3.16. The summed E-state index contributed by atoms with van der Waals surface area (Å²) in [4.78, 5) is 31.6. The molecular formula is C30H38FN3O7S. The van der Waals surface area contributed by atoms with Crippen LogP contribution in [0.4, 0.5) is 4.39 Å². The highest BCUT2D eigenvalue weighted by molar-refractivity contribution is 7.92. The summed E-state index contributed by atoms with van der Waals surface area (Å²) in [5.41, 5.74) is 3.75. The second-order valence-electron chi connectivity index (χ2n) is 10.7. The lowest BCUT2D eigenvalue weighted by atomic mass is 10.00. The van der Waals surface area contributed by atoms with Gasteiger partial charge in [-0.05, 0) is 67.0 Å². The zero-order valence-corrected chi connectivity index (χ0v) is 25.0. The molecule has 2 N–H and O–H groups in total. The average molecular weight is 604 g/mol. The second-order valence-corrected chi connectivity index (χ2v) is 13.1. The molecule has 0 aliphatic carbocycles. The fourth-order valence-corrected chi connectivity index (χ4v) is 5.61. The summed E-state index contributed by atoms with van der Waals surface area (Å²) in [7, 11) is -2.27. The molecule has 12 heteroatoms. The van der Waals surface area contributed by atoms with Gasteiger partial charge in [0.2, 0.25) is 0 Å². The van der Waals surface area contributed by atoms with Gasteiger partial charge in [0, 0.05) is 63.2 Å². The van der Waals surface area contributed by atoms with E-state index in [0.29, 0.717) is 54.6 Å². The number of methoxy groups -OCH3 is 1. The number of benzene rings is 2. The molecule has 0 bridgehead atoms. The monoisotopic (exact) mass is 603 g/mol. The Bertz CT molecular complexity index is 1570. The van der Waals surface area contributed by atoms with E-state index in [-0.39, 0.29) is 24.3 Å². The van der Waals surface area contributed by atoms with Crippen molar-refractivity contribution < 1.29 is 31.9 Å². The summed E-state index contributed by atoms with van der Waals surface area (Å²) in [6.07, 6.45) is 4.11. The van der Waals surface area contributed by atoms with Crippen LogP contribution in [0.15, 0.2) is 53.5 Å². The van der Waals surface area contributed by atoms with E-state index in [2.05, 4.69) is 10.8 Å². The van der Waals surface area contributed by atoms with Crippen LogP contribution in [0.5, 0.6) is 0 Å². The van der Waals surface area contributed by atoms with E-state index < -0.39 is 26.8 Å². The maximum atomic E-state index is 15.0. The standard InChI is InChI=1S/C30H38FN3O7S/c1-30(42(3,37)38,29(36)33-41-27-6-4-5-16-40-27)12-15-34-14-11-23-19-22(8-10-25(23)28(34)35)24-9-7-21(18-26(24)31)20-32-13-17-39-2/h7-11,14,18-19,27,32H,4-6,12-13,15-17,20H2,1-3H3,(H,33,36)/t27?,30-/m1/s1. The molecule has 0 spiro atoms. The molecule has 228 valence electrons. The molecule has 10 nitrogen and oxygen atoms in total. The van der Waals surface area contributed by atoms with Crippen molar-refractivity contribution in [2.75, 3.05) is 33.1 Å². The zero-order chi connectivity index (χ0) is 30.3. The van der Waals surface area contributed by atoms with Crippen molar-refractivity contribution in [2.24, 2.45) is 0 Å². The van der Waals surface area contributed by atoms with Gasteiger partial charge in [0.05, 0.1) is 6.61 Å². The lowest BCUT2D eigenvalue weighted by Crippen LogP contribution is -2.51. The number of aryl methyl sites for hydroxylation is 1. The molecule has 1 aliphatic rings. The van der Waals surface area contributed by atoms with Gasteiger partial charge in [0.1, 0.15) is 5.82 Å². The average Bonchev–Trinajstić information content (AvgIpc) is 2.97. The van der Waals surface area contributed by atoms with E-state index in [4.69, 9.17) is 14.3 Å². The van der Waals surface area contributed by atoms with Gasteiger partial charge in [-0.15, -0.1) is 0 Å². The normalized spacial score (nSPS) is 17.2. The number of ether oxygens (including phenoxy) is 2. The van der Waals surface area contributed by atoms with Crippen LogP contribution in [0.25, 0.3) is 21.9 Å². The first-order chi connectivity index (χ1) is 20.0. The van der Waals surface area contributed by atoms with Crippen LogP contribution in [-0.4, -0.2) is 63.1 Å². The number of carbonyl (C=O) groups is 1. The molecule has 3 aromatic rings. The highest BCUT2D eigenvalue weighted by Gasteiger charge is 2.44. The molecule has 1 unspecified atom stereocenters. The number of pyridine rings is 1.